The zero-order chi connectivity index (χ0) is 18.3. The van der Waals surface area contributed by atoms with Gasteiger partial charge in [0.2, 0.25) is 5.82 Å². The summed E-state index contributed by atoms with van der Waals surface area (Å²) in [5, 5.41) is 11.2. The van der Waals surface area contributed by atoms with Crippen molar-refractivity contribution in [2.24, 2.45) is 5.92 Å². The quantitative estimate of drug-likeness (QED) is 0.678. The first kappa shape index (κ1) is 16.8. The van der Waals surface area contributed by atoms with Crippen LogP contribution < -0.4 is 10.5 Å². The molecule has 2 N–H and O–H groups in total. The summed E-state index contributed by atoms with van der Waals surface area (Å²) in [4.78, 5) is 4.00. The second-order valence-corrected chi connectivity index (χ2v) is 6.88. The molecule has 0 bridgehead atoms. The van der Waals surface area contributed by atoms with Crippen LogP contribution in [0.5, 0.6) is 5.75 Å². The van der Waals surface area contributed by atoms with Crippen LogP contribution in [0.4, 0.5) is 14.6 Å². The van der Waals surface area contributed by atoms with Crippen LogP contribution in [-0.4, -0.2) is 31.8 Å². The summed E-state index contributed by atoms with van der Waals surface area (Å²) in [6.45, 7) is 0.381. The highest BCUT2D eigenvalue weighted by Gasteiger charge is 2.25. The van der Waals surface area contributed by atoms with E-state index in [-0.39, 0.29) is 23.1 Å². The molecule has 134 valence electrons. The molecule has 26 heavy (non-hydrogen) atoms. The monoisotopic (exact) mass is 422 g/mol. The van der Waals surface area contributed by atoms with Crippen molar-refractivity contribution in [3.8, 4) is 22.8 Å². The molecule has 0 atom stereocenters. The molecule has 4 rings (SSSR count). The first-order chi connectivity index (χ1) is 12.5. The van der Waals surface area contributed by atoms with Crippen LogP contribution in [0.15, 0.2) is 28.9 Å². The van der Waals surface area contributed by atoms with Gasteiger partial charge in [0, 0.05) is 10.7 Å². The Balaban J connectivity index is 1.73. The van der Waals surface area contributed by atoms with Crippen LogP contribution in [-0.2, 0) is 0 Å². The second kappa shape index (κ2) is 6.60. The van der Waals surface area contributed by atoms with E-state index in [1.165, 1.54) is 18.3 Å². The predicted molar refractivity (Wildman–Crippen MR) is 92.6 cm³/mol. The van der Waals surface area contributed by atoms with E-state index in [1.807, 2.05) is 0 Å². The first-order valence-corrected chi connectivity index (χ1v) is 8.65. The highest BCUT2D eigenvalue weighted by Crippen LogP contribution is 2.32. The van der Waals surface area contributed by atoms with E-state index >= 15 is 0 Å². The number of nitrogen functional groups attached to an aromatic ring is 1. The number of tetrazole rings is 1. The Morgan fingerprint density at radius 3 is 2.85 bits per heavy atom. The fourth-order valence-electron chi connectivity index (χ4n) is 2.44. The van der Waals surface area contributed by atoms with Crippen LogP contribution in [0.3, 0.4) is 0 Å². The Morgan fingerprint density at radius 1 is 1.27 bits per heavy atom. The van der Waals surface area contributed by atoms with Gasteiger partial charge in [-0.15, -0.1) is 5.10 Å². The molecule has 0 saturated heterocycles. The number of nitrogens with two attached hydrogens (primary N) is 1. The maximum atomic E-state index is 14.6. The highest BCUT2D eigenvalue weighted by atomic mass is 79.9. The Hall–Kier alpha value is -2.62. The molecule has 1 aliphatic rings. The fourth-order valence-corrected chi connectivity index (χ4v) is 2.77. The molecule has 0 spiro atoms. The van der Waals surface area contributed by atoms with E-state index in [0.717, 1.165) is 17.5 Å². The minimum atomic E-state index is -1.10. The van der Waals surface area contributed by atoms with Crippen molar-refractivity contribution >= 4 is 21.7 Å². The minimum absolute atomic E-state index is 0.128. The Kier molecular flexibility index (Phi) is 4.27. The van der Waals surface area contributed by atoms with E-state index in [9.17, 15) is 8.78 Å². The summed E-state index contributed by atoms with van der Waals surface area (Å²) in [5.41, 5.74) is 6.10. The molecule has 7 nitrogen and oxygen atoms in total. The number of aromatic nitrogens is 5. The van der Waals surface area contributed by atoms with Gasteiger partial charge >= 0.3 is 0 Å². The zero-order valence-electron chi connectivity index (χ0n) is 13.4. The maximum absolute atomic E-state index is 14.6. The molecule has 0 aliphatic heterocycles. The SMILES string of the molecule is Nc1ncc(Br)cc1-c1nnnn1-c1ccc(OCC2CC2)c(F)c1F. The van der Waals surface area contributed by atoms with Gasteiger partial charge < -0.3 is 10.5 Å². The standard InChI is InChI=1S/C16H13BrF2N6O/c17-9-5-10(15(20)21-6-9)16-22-23-24-25(16)11-3-4-12(14(19)13(11)18)26-7-8-1-2-8/h3-6,8H,1-2,7H2,(H2,20,21). The van der Waals surface area contributed by atoms with Crippen LogP contribution in [0.1, 0.15) is 12.8 Å². The lowest BCUT2D eigenvalue weighted by molar-refractivity contribution is 0.280. The van der Waals surface area contributed by atoms with Gasteiger partial charge in [-0.3, -0.25) is 0 Å². The lowest BCUT2D eigenvalue weighted by Gasteiger charge is -2.11. The van der Waals surface area contributed by atoms with Crippen molar-refractivity contribution in [1.29, 1.82) is 0 Å². The van der Waals surface area contributed by atoms with Crippen molar-refractivity contribution in [2.45, 2.75) is 12.8 Å². The number of benzene rings is 1. The fraction of sp³-hybridized carbons (Fsp3) is 0.250. The van der Waals surface area contributed by atoms with Crippen LogP contribution in [0.25, 0.3) is 17.1 Å². The van der Waals surface area contributed by atoms with E-state index < -0.39 is 11.6 Å². The molecule has 2 aromatic heterocycles. The Labute approximate surface area is 155 Å². The van der Waals surface area contributed by atoms with Gasteiger partial charge in [0.25, 0.3) is 0 Å². The van der Waals surface area contributed by atoms with Crippen molar-refractivity contribution in [3.63, 3.8) is 0 Å². The lowest BCUT2D eigenvalue weighted by atomic mass is 10.2. The third kappa shape index (κ3) is 3.12. The van der Waals surface area contributed by atoms with E-state index in [0.29, 0.717) is 22.6 Å². The summed E-state index contributed by atoms with van der Waals surface area (Å²) in [6, 6.07) is 4.37. The normalized spacial score (nSPS) is 13.8. The number of pyridine rings is 1. The highest BCUT2D eigenvalue weighted by molar-refractivity contribution is 9.10. The Bertz CT molecular complexity index is 975. The van der Waals surface area contributed by atoms with Gasteiger partial charge in [0.15, 0.2) is 17.4 Å². The number of hydrogen-bond acceptors (Lipinski definition) is 6. The molecule has 10 heteroatoms. The predicted octanol–water partition coefficient (Wildman–Crippen LogP) is 3.14. The molecule has 0 amide bonds. The molecular formula is C16H13BrF2N6O. The summed E-state index contributed by atoms with van der Waals surface area (Å²) in [5.74, 6) is -1.58. The summed E-state index contributed by atoms with van der Waals surface area (Å²) in [6.07, 6.45) is 3.62. The van der Waals surface area contributed by atoms with Gasteiger partial charge in [0.1, 0.15) is 11.5 Å². The van der Waals surface area contributed by atoms with Crippen LogP contribution in [0.2, 0.25) is 0 Å². The lowest BCUT2D eigenvalue weighted by Crippen LogP contribution is -2.08. The Morgan fingerprint density at radius 2 is 2.08 bits per heavy atom. The maximum Gasteiger partial charge on any atom is 0.202 e. The van der Waals surface area contributed by atoms with Gasteiger partial charge in [0.05, 0.1) is 12.2 Å². The number of ether oxygens (including phenoxy) is 1. The van der Waals surface area contributed by atoms with Crippen LogP contribution in [0, 0.1) is 17.6 Å². The molecular weight excluding hydrogens is 410 g/mol. The number of halogens is 3. The molecule has 3 aromatic rings. The second-order valence-electron chi connectivity index (χ2n) is 5.97. The summed E-state index contributed by atoms with van der Waals surface area (Å²) in [7, 11) is 0. The number of rotatable bonds is 5. The largest absolute Gasteiger partial charge is 0.490 e. The molecule has 0 unspecified atom stereocenters. The average molecular weight is 423 g/mol. The smallest absolute Gasteiger partial charge is 0.202 e. The zero-order valence-corrected chi connectivity index (χ0v) is 14.9. The van der Waals surface area contributed by atoms with E-state index in [2.05, 4.69) is 36.4 Å². The summed E-state index contributed by atoms with van der Waals surface area (Å²) < 4.78 is 36.1. The number of hydrogen-bond donors (Lipinski definition) is 1. The van der Waals surface area contributed by atoms with Gasteiger partial charge in [-0.25, -0.2) is 9.37 Å². The van der Waals surface area contributed by atoms with Crippen molar-refractivity contribution in [3.05, 3.63) is 40.5 Å². The topological polar surface area (TPSA) is 91.7 Å². The van der Waals surface area contributed by atoms with E-state index in [1.54, 1.807) is 6.07 Å². The molecule has 1 aliphatic carbocycles. The van der Waals surface area contributed by atoms with Gasteiger partial charge in [-0.2, -0.15) is 9.07 Å². The number of nitrogens with zero attached hydrogens (tertiary/aromatic N) is 5. The van der Waals surface area contributed by atoms with Crippen molar-refractivity contribution < 1.29 is 13.5 Å². The van der Waals surface area contributed by atoms with Gasteiger partial charge in [-0.05, 0) is 63.3 Å². The number of anilines is 1. The molecule has 1 fully saturated rings. The van der Waals surface area contributed by atoms with Crippen LogP contribution >= 0.6 is 15.9 Å². The molecule has 1 aromatic carbocycles. The molecule has 2 heterocycles. The molecule has 1 saturated carbocycles. The average Bonchev–Trinajstić information content (AvgIpc) is 3.34. The van der Waals surface area contributed by atoms with Crippen molar-refractivity contribution in [2.75, 3.05) is 12.3 Å². The third-order valence-corrected chi connectivity index (χ3v) is 4.46. The first-order valence-electron chi connectivity index (χ1n) is 7.85. The summed E-state index contributed by atoms with van der Waals surface area (Å²) >= 11 is 3.29. The third-order valence-electron chi connectivity index (χ3n) is 4.02. The van der Waals surface area contributed by atoms with Crippen molar-refractivity contribution in [1.82, 2.24) is 25.2 Å². The van der Waals surface area contributed by atoms with E-state index in [4.69, 9.17) is 10.5 Å². The van der Waals surface area contributed by atoms with Gasteiger partial charge in [-0.1, -0.05) is 0 Å². The minimum Gasteiger partial charge on any atom is -0.490 e. The molecule has 0 radical (unpaired) electrons.